The summed E-state index contributed by atoms with van der Waals surface area (Å²) in [6, 6.07) is 11.3. The van der Waals surface area contributed by atoms with Crippen LogP contribution < -0.4 is 5.56 Å². The van der Waals surface area contributed by atoms with E-state index in [0.717, 1.165) is 17.4 Å². The molecule has 4 rings (SSSR count). The first-order valence-electron chi connectivity index (χ1n) is 7.58. The molecule has 0 atom stereocenters. The molecule has 9 heteroatoms. The Morgan fingerprint density at radius 2 is 2.00 bits per heavy atom. The number of hydrogen-bond donors (Lipinski definition) is 0. The molecule has 0 spiro atoms. The normalized spacial score (nSPS) is 11.2. The van der Waals surface area contributed by atoms with Crippen molar-refractivity contribution < 1.29 is 0 Å². The van der Waals surface area contributed by atoms with Gasteiger partial charge in [0.05, 0.1) is 11.3 Å². The standard InChI is InChI=1S/C16H14N6OS2/c1-21-14(9-11-5-4-8-24-11)18-19-16(21)25-10-22-15(23)12-6-2-3-7-13(12)17-20-22/h2-8H,9-10H2,1H3. The van der Waals surface area contributed by atoms with Crippen LogP contribution in [0.2, 0.25) is 0 Å². The number of benzene rings is 1. The second-order valence-electron chi connectivity index (χ2n) is 5.40. The van der Waals surface area contributed by atoms with E-state index in [9.17, 15) is 4.79 Å². The van der Waals surface area contributed by atoms with E-state index in [2.05, 4.69) is 26.6 Å². The van der Waals surface area contributed by atoms with Crippen molar-refractivity contribution in [3.63, 3.8) is 0 Å². The van der Waals surface area contributed by atoms with Crippen LogP contribution in [-0.2, 0) is 19.3 Å². The Bertz CT molecular complexity index is 1070. The Kier molecular flexibility index (Phi) is 4.33. The Hall–Kier alpha value is -2.52. The maximum atomic E-state index is 12.5. The molecule has 3 aromatic heterocycles. The number of thioether (sulfide) groups is 1. The van der Waals surface area contributed by atoms with Gasteiger partial charge in [0, 0.05) is 18.3 Å². The van der Waals surface area contributed by atoms with Crippen molar-refractivity contribution in [3.05, 3.63) is 62.8 Å². The Morgan fingerprint density at radius 3 is 2.84 bits per heavy atom. The zero-order valence-corrected chi connectivity index (χ0v) is 15.0. The molecule has 1 aromatic carbocycles. The summed E-state index contributed by atoms with van der Waals surface area (Å²) in [4.78, 5) is 13.7. The van der Waals surface area contributed by atoms with Crippen LogP contribution in [-0.4, -0.2) is 29.8 Å². The van der Waals surface area contributed by atoms with Crippen molar-refractivity contribution in [3.8, 4) is 0 Å². The SMILES string of the molecule is Cn1c(Cc2cccs2)nnc1SCn1nnc2ccccc2c1=O. The van der Waals surface area contributed by atoms with Gasteiger partial charge >= 0.3 is 0 Å². The highest BCUT2D eigenvalue weighted by Gasteiger charge is 2.12. The molecule has 0 radical (unpaired) electrons. The minimum atomic E-state index is -0.154. The van der Waals surface area contributed by atoms with Crippen LogP contribution in [0.1, 0.15) is 10.7 Å². The lowest BCUT2D eigenvalue weighted by molar-refractivity contribution is 0.641. The Morgan fingerprint density at radius 1 is 1.12 bits per heavy atom. The molecule has 0 fully saturated rings. The van der Waals surface area contributed by atoms with Crippen molar-refractivity contribution in [1.29, 1.82) is 0 Å². The lowest BCUT2D eigenvalue weighted by atomic mass is 10.2. The van der Waals surface area contributed by atoms with Gasteiger partial charge in [0.2, 0.25) is 0 Å². The van der Waals surface area contributed by atoms with Crippen LogP contribution in [0.3, 0.4) is 0 Å². The van der Waals surface area contributed by atoms with E-state index in [1.165, 1.54) is 21.3 Å². The van der Waals surface area contributed by atoms with Gasteiger partial charge in [-0.25, -0.2) is 0 Å². The molecule has 126 valence electrons. The van der Waals surface area contributed by atoms with Gasteiger partial charge in [-0.15, -0.1) is 26.6 Å². The molecule has 0 unspecified atom stereocenters. The van der Waals surface area contributed by atoms with Crippen LogP contribution in [0.15, 0.2) is 51.7 Å². The Labute approximate surface area is 151 Å². The fraction of sp³-hybridized carbons (Fsp3) is 0.188. The number of nitrogens with zero attached hydrogens (tertiary/aromatic N) is 6. The molecule has 0 amide bonds. The van der Waals surface area contributed by atoms with Crippen molar-refractivity contribution in [1.82, 2.24) is 29.8 Å². The van der Waals surface area contributed by atoms with E-state index in [1.807, 2.05) is 35.2 Å². The molecule has 7 nitrogen and oxygen atoms in total. The average molecular weight is 370 g/mol. The van der Waals surface area contributed by atoms with Crippen LogP contribution in [0.4, 0.5) is 0 Å². The van der Waals surface area contributed by atoms with Crippen molar-refractivity contribution in [2.75, 3.05) is 0 Å². The minimum Gasteiger partial charge on any atom is -0.309 e. The molecule has 0 saturated carbocycles. The third-order valence-electron chi connectivity index (χ3n) is 3.78. The van der Waals surface area contributed by atoms with E-state index < -0.39 is 0 Å². The molecular weight excluding hydrogens is 356 g/mol. The van der Waals surface area contributed by atoms with E-state index in [4.69, 9.17) is 0 Å². The summed E-state index contributed by atoms with van der Waals surface area (Å²) in [7, 11) is 1.93. The molecule has 4 aromatic rings. The van der Waals surface area contributed by atoms with Crippen molar-refractivity contribution >= 4 is 34.0 Å². The van der Waals surface area contributed by atoms with Gasteiger partial charge in [-0.05, 0) is 23.6 Å². The maximum absolute atomic E-state index is 12.5. The predicted octanol–water partition coefficient (Wildman–Crippen LogP) is 2.32. The van der Waals surface area contributed by atoms with E-state index in [-0.39, 0.29) is 5.56 Å². The highest BCUT2D eigenvalue weighted by Crippen LogP contribution is 2.20. The summed E-state index contributed by atoms with van der Waals surface area (Å²) in [5.74, 6) is 1.23. The third kappa shape index (κ3) is 3.20. The summed E-state index contributed by atoms with van der Waals surface area (Å²) in [5.41, 5.74) is 0.449. The smallest absolute Gasteiger partial charge is 0.278 e. The number of thiophene rings is 1. The monoisotopic (exact) mass is 370 g/mol. The lowest BCUT2D eigenvalue weighted by Crippen LogP contribution is -2.23. The molecule has 3 heterocycles. The second-order valence-corrected chi connectivity index (χ2v) is 7.34. The van der Waals surface area contributed by atoms with Gasteiger partial charge < -0.3 is 4.57 Å². The van der Waals surface area contributed by atoms with Gasteiger partial charge in [-0.1, -0.05) is 35.2 Å². The molecule has 0 aliphatic carbocycles. The minimum absolute atomic E-state index is 0.154. The fourth-order valence-corrected chi connectivity index (χ4v) is 3.93. The summed E-state index contributed by atoms with van der Waals surface area (Å²) < 4.78 is 3.30. The predicted molar refractivity (Wildman–Crippen MR) is 97.8 cm³/mol. The summed E-state index contributed by atoms with van der Waals surface area (Å²) in [5, 5.41) is 19.9. The fourth-order valence-electron chi connectivity index (χ4n) is 2.42. The maximum Gasteiger partial charge on any atom is 0.278 e. The van der Waals surface area contributed by atoms with Crippen molar-refractivity contribution in [2.45, 2.75) is 17.5 Å². The van der Waals surface area contributed by atoms with Crippen LogP contribution in [0.25, 0.3) is 10.9 Å². The quantitative estimate of drug-likeness (QED) is 0.502. The summed E-state index contributed by atoms with van der Waals surface area (Å²) in [6.45, 7) is 0. The molecular formula is C16H14N6OS2. The van der Waals surface area contributed by atoms with Crippen LogP contribution >= 0.6 is 23.1 Å². The van der Waals surface area contributed by atoms with Crippen LogP contribution in [0, 0.1) is 0 Å². The summed E-state index contributed by atoms with van der Waals surface area (Å²) in [6.07, 6.45) is 0.747. The highest BCUT2D eigenvalue weighted by molar-refractivity contribution is 7.98. The molecule has 0 aliphatic rings. The summed E-state index contributed by atoms with van der Waals surface area (Å²) >= 11 is 3.11. The van der Waals surface area contributed by atoms with E-state index in [0.29, 0.717) is 16.8 Å². The zero-order valence-electron chi connectivity index (χ0n) is 13.4. The highest BCUT2D eigenvalue weighted by atomic mass is 32.2. The molecule has 0 bridgehead atoms. The molecule has 0 saturated heterocycles. The first kappa shape index (κ1) is 16.0. The van der Waals surface area contributed by atoms with Gasteiger partial charge in [0.1, 0.15) is 11.3 Å². The Balaban J connectivity index is 1.53. The number of hydrogen-bond acceptors (Lipinski definition) is 7. The number of fused-ring (bicyclic) bond motifs is 1. The third-order valence-corrected chi connectivity index (χ3v) is 5.65. The van der Waals surface area contributed by atoms with Crippen molar-refractivity contribution in [2.24, 2.45) is 7.05 Å². The number of aromatic nitrogens is 6. The topological polar surface area (TPSA) is 78.5 Å². The first-order valence-corrected chi connectivity index (χ1v) is 9.45. The van der Waals surface area contributed by atoms with Gasteiger partial charge in [0.15, 0.2) is 5.16 Å². The average Bonchev–Trinajstić information content (AvgIpc) is 3.26. The van der Waals surface area contributed by atoms with Crippen LogP contribution in [0.5, 0.6) is 0 Å². The largest absolute Gasteiger partial charge is 0.309 e. The van der Waals surface area contributed by atoms with Gasteiger partial charge in [0.25, 0.3) is 5.56 Å². The molecule has 25 heavy (non-hydrogen) atoms. The van der Waals surface area contributed by atoms with Gasteiger partial charge in [-0.3, -0.25) is 4.79 Å². The lowest BCUT2D eigenvalue weighted by Gasteiger charge is -2.05. The zero-order chi connectivity index (χ0) is 17.2. The molecule has 0 N–H and O–H groups in total. The second kappa shape index (κ2) is 6.77. The van der Waals surface area contributed by atoms with E-state index >= 15 is 0 Å². The number of rotatable bonds is 5. The van der Waals surface area contributed by atoms with E-state index in [1.54, 1.807) is 23.5 Å². The molecule has 0 aliphatic heterocycles. The first-order chi connectivity index (χ1) is 12.2. The van der Waals surface area contributed by atoms with Gasteiger partial charge in [-0.2, -0.15) is 4.68 Å².